The van der Waals surface area contributed by atoms with Gasteiger partial charge in [0.2, 0.25) is 0 Å². The Balaban J connectivity index is 2.31. The third-order valence-corrected chi connectivity index (χ3v) is 3.72. The first kappa shape index (κ1) is 17.2. The van der Waals surface area contributed by atoms with Gasteiger partial charge in [-0.2, -0.15) is 5.26 Å². The van der Waals surface area contributed by atoms with E-state index >= 15 is 0 Å². The van der Waals surface area contributed by atoms with Crippen LogP contribution in [0.1, 0.15) is 26.3 Å². The minimum Gasteiger partial charge on any atom is -0.497 e. The van der Waals surface area contributed by atoms with Gasteiger partial charge in [-0.05, 0) is 42.8 Å². The highest BCUT2D eigenvalue weighted by Gasteiger charge is 2.28. The summed E-state index contributed by atoms with van der Waals surface area (Å²) >= 11 is 0. The van der Waals surface area contributed by atoms with E-state index in [1.54, 1.807) is 30.3 Å². The lowest BCUT2D eigenvalue weighted by atomic mass is 9.90. The number of aryl methyl sites for hydroxylation is 1. The molecule has 2 aromatic carbocycles. The molecule has 0 unspecified atom stereocenters. The van der Waals surface area contributed by atoms with Crippen LogP contribution < -0.4 is 9.47 Å². The summed E-state index contributed by atoms with van der Waals surface area (Å²) in [6.07, 6.45) is 0. The number of carbonyl (C=O) groups is 2. The van der Waals surface area contributed by atoms with Crippen molar-refractivity contribution in [2.45, 2.75) is 6.92 Å². The molecular weight excluding hydrogens is 306 g/mol. The van der Waals surface area contributed by atoms with Crippen molar-refractivity contribution in [1.29, 1.82) is 5.26 Å². The van der Waals surface area contributed by atoms with Gasteiger partial charge in [0.25, 0.3) is 0 Å². The Morgan fingerprint density at radius 2 is 1.54 bits per heavy atom. The topological polar surface area (TPSA) is 76.4 Å². The van der Waals surface area contributed by atoms with Crippen LogP contribution in [0.2, 0.25) is 0 Å². The summed E-state index contributed by atoms with van der Waals surface area (Å²) < 4.78 is 10.2. The number of ketones is 2. The van der Waals surface area contributed by atoms with Crippen LogP contribution in [0.4, 0.5) is 0 Å². The van der Waals surface area contributed by atoms with Gasteiger partial charge in [-0.25, -0.2) is 0 Å². The molecule has 0 spiro atoms. The summed E-state index contributed by atoms with van der Waals surface area (Å²) in [7, 11) is 3.02. The zero-order chi connectivity index (χ0) is 17.7. The summed E-state index contributed by atoms with van der Waals surface area (Å²) in [6.45, 7) is 1.84. The Hall–Kier alpha value is -3.13. The van der Waals surface area contributed by atoms with Gasteiger partial charge < -0.3 is 9.47 Å². The van der Waals surface area contributed by atoms with Gasteiger partial charge in [0.15, 0.2) is 17.5 Å². The maximum Gasteiger partial charge on any atom is 0.188 e. The largest absolute Gasteiger partial charge is 0.497 e. The van der Waals surface area contributed by atoms with Crippen molar-refractivity contribution < 1.29 is 19.1 Å². The molecule has 0 aromatic heterocycles. The van der Waals surface area contributed by atoms with E-state index in [4.69, 9.17) is 9.47 Å². The lowest BCUT2D eigenvalue weighted by Gasteiger charge is -2.10. The predicted octanol–water partition coefficient (Wildman–Crippen LogP) is 3.22. The van der Waals surface area contributed by atoms with Gasteiger partial charge in [-0.15, -0.1) is 0 Å². The predicted molar refractivity (Wildman–Crippen MR) is 88.5 cm³/mol. The first-order valence-electron chi connectivity index (χ1n) is 7.28. The van der Waals surface area contributed by atoms with Crippen molar-refractivity contribution in [2.75, 3.05) is 14.2 Å². The molecule has 0 amide bonds. The lowest BCUT2D eigenvalue weighted by molar-refractivity contribution is 0.0845. The van der Waals surface area contributed by atoms with E-state index in [-0.39, 0.29) is 11.1 Å². The summed E-state index contributed by atoms with van der Waals surface area (Å²) in [5, 5.41) is 9.32. The molecule has 0 N–H and O–H groups in total. The smallest absolute Gasteiger partial charge is 0.188 e. The monoisotopic (exact) mass is 323 g/mol. The van der Waals surface area contributed by atoms with Gasteiger partial charge in [0.05, 0.1) is 20.3 Å². The molecule has 5 nitrogen and oxygen atoms in total. The summed E-state index contributed by atoms with van der Waals surface area (Å²) in [5.74, 6) is -1.35. The molecule has 0 heterocycles. The molecule has 5 heteroatoms. The number of methoxy groups -OCH3 is 2. The van der Waals surface area contributed by atoms with Gasteiger partial charge in [0.1, 0.15) is 11.5 Å². The van der Waals surface area contributed by atoms with Crippen LogP contribution in [0.25, 0.3) is 0 Å². The molecule has 2 aromatic rings. The second-order valence-corrected chi connectivity index (χ2v) is 5.20. The minimum atomic E-state index is -1.40. The number of nitriles is 1. The summed E-state index contributed by atoms with van der Waals surface area (Å²) in [6, 6.07) is 13.0. The molecule has 2 rings (SSSR count). The summed E-state index contributed by atoms with van der Waals surface area (Å²) in [5.41, 5.74) is 1.42. The molecule has 0 aliphatic heterocycles. The summed E-state index contributed by atoms with van der Waals surface area (Å²) in [4.78, 5) is 25.1. The van der Waals surface area contributed by atoms with Crippen LogP contribution in [0, 0.1) is 24.2 Å². The maximum atomic E-state index is 12.6. The lowest BCUT2D eigenvalue weighted by Crippen LogP contribution is -2.23. The molecule has 0 aliphatic carbocycles. The average Bonchev–Trinajstić information content (AvgIpc) is 2.62. The van der Waals surface area contributed by atoms with E-state index in [2.05, 4.69) is 0 Å². The van der Waals surface area contributed by atoms with Crippen molar-refractivity contribution in [3.8, 4) is 17.6 Å². The Bertz CT molecular complexity index is 803. The second kappa shape index (κ2) is 7.42. The Morgan fingerprint density at radius 3 is 2.08 bits per heavy atom. The van der Waals surface area contributed by atoms with E-state index in [0.29, 0.717) is 11.5 Å². The average molecular weight is 323 g/mol. The van der Waals surface area contributed by atoms with E-state index in [1.807, 2.05) is 13.0 Å². The molecule has 0 bridgehead atoms. The zero-order valence-corrected chi connectivity index (χ0v) is 13.7. The highest BCUT2D eigenvalue weighted by molar-refractivity contribution is 6.18. The maximum absolute atomic E-state index is 12.6. The van der Waals surface area contributed by atoms with Crippen LogP contribution in [0.15, 0.2) is 42.5 Å². The normalized spacial score (nSPS) is 11.2. The van der Waals surface area contributed by atoms with Crippen molar-refractivity contribution in [2.24, 2.45) is 5.92 Å². The molecule has 24 heavy (non-hydrogen) atoms. The molecule has 0 saturated carbocycles. The van der Waals surface area contributed by atoms with Crippen molar-refractivity contribution in [3.63, 3.8) is 0 Å². The van der Waals surface area contributed by atoms with Crippen LogP contribution in [0.3, 0.4) is 0 Å². The SMILES string of the molecule is COc1ccc(C(=O)[C@@H](C#N)C(=O)c2ccc(C)c(OC)c2)cc1. The fourth-order valence-corrected chi connectivity index (χ4v) is 2.30. The Kier molecular flexibility index (Phi) is 5.33. The number of benzene rings is 2. The van der Waals surface area contributed by atoms with Gasteiger partial charge >= 0.3 is 0 Å². The van der Waals surface area contributed by atoms with Crippen molar-refractivity contribution in [1.82, 2.24) is 0 Å². The van der Waals surface area contributed by atoms with E-state index < -0.39 is 17.5 Å². The zero-order valence-electron chi connectivity index (χ0n) is 13.7. The molecule has 0 saturated heterocycles. The fraction of sp³-hybridized carbons (Fsp3) is 0.211. The quantitative estimate of drug-likeness (QED) is 0.602. The van der Waals surface area contributed by atoms with E-state index in [1.165, 1.54) is 26.4 Å². The van der Waals surface area contributed by atoms with Crippen LogP contribution >= 0.6 is 0 Å². The fourth-order valence-electron chi connectivity index (χ4n) is 2.30. The Morgan fingerprint density at radius 1 is 0.958 bits per heavy atom. The van der Waals surface area contributed by atoms with Gasteiger partial charge in [-0.3, -0.25) is 9.59 Å². The third-order valence-electron chi connectivity index (χ3n) is 3.72. The Labute approximate surface area is 140 Å². The number of nitrogens with zero attached hydrogens (tertiary/aromatic N) is 1. The first-order valence-corrected chi connectivity index (χ1v) is 7.28. The number of carbonyl (C=O) groups excluding carboxylic acids is 2. The standard InChI is InChI=1S/C19H17NO4/c1-12-4-5-14(10-17(12)24-3)19(22)16(11-20)18(21)13-6-8-15(23-2)9-7-13/h4-10,16H,1-3H3/t16-/m1/s1. The molecule has 0 fully saturated rings. The van der Waals surface area contributed by atoms with Crippen LogP contribution in [-0.2, 0) is 0 Å². The second-order valence-electron chi connectivity index (χ2n) is 5.20. The van der Waals surface area contributed by atoms with Crippen molar-refractivity contribution in [3.05, 3.63) is 59.2 Å². The van der Waals surface area contributed by atoms with Crippen LogP contribution in [0.5, 0.6) is 11.5 Å². The molecule has 1 atom stereocenters. The number of ether oxygens (including phenoxy) is 2. The van der Waals surface area contributed by atoms with E-state index in [0.717, 1.165) is 5.56 Å². The minimum absolute atomic E-state index is 0.269. The molecular formula is C19H17NO4. The number of hydrogen-bond donors (Lipinski definition) is 0. The van der Waals surface area contributed by atoms with Crippen LogP contribution in [-0.4, -0.2) is 25.8 Å². The van der Waals surface area contributed by atoms with E-state index in [9.17, 15) is 14.9 Å². The molecule has 0 radical (unpaired) electrons. The first-order chi connectivity index (χ1) is 11.5. The molecule has 0 aliphatic rings. The molecule has 122 valence electrons. The van der Waals surface area contributed by atoms with Gasteiger partial charge in [-0.1, -0.05) is 12.1 Å². The highest BCUT2D eigenvalue weighted by atomic mass is 16.5. The van der Waals surface area contributed by atoms with Crippen molar-refractivity contribution >= 4 is 11.6 Å². The third kappa shape index (κ3) is 3.44. The van der Waals surface area contributed by atoms with Gasteiger partial charge in [0, 0.05) is 11.1 Å². The number of rotatable bonds is 6. The number of Topliss-reactive ketones (excluding diaryl/α,β-unsaturated/α-hetero) is 2. The number of hydrogen-bond acceptors (Lipinski definition) is 5. The highest BCUT2D eigenvalue weighted by Crippen LogP contribution is 2.23.